The van der Waals surface area contributed by atoms with Crippen LogP contribution in [0.5, 0.6) is 0 Å². The number of nitrogens with zero attached hydrogens (tertiary/aromatic N) is 2. The maximum Gasteiger partial charge on any atom is 0.230 e. The molecule has 0 aromatic heterocycles. The van der Waals surface area contributed by atoms with Gasteiger partial charge in [-0.15, -0.1) is 0 Å². The molecule has 0 spiro atoms. The lowest BCUT2D eigenvalue weighted by Gasteiger charge is -2.22. The van der Waals surface area contributed by atoms with Gasteiger partial charge >= 0.3 is 0 Å². The number of benzene rings is 1. The Kier molecular flexibility index (Phi) is 4.71. The van der Waals surface area contributed by atoms with Crippen LogP contribution in [0.15, 0.2) is 30.3 Å². The Morgan fingerprint density at radius 3 is 2.80 bits per heavy atom. The summed E-state index contributed by atoms with van der Waals surface area (Å²) in [7, 11) is 3.26. The van der Waals surface area contributed by atoms with Crippen LogP contribution < -0.4 is 0 Å². The molecule has 1 aromatic carbocycles. The van der Waals surface area contributed by atoms with Crippen LogP contribution in [0.2, 0.25) is 0 Å². The standard InChI is InChI=1S/C15H22N2OP2/c18-15-14-11-16(9-12-5-2-1-3-6-12)10-13(14)7-4-8-17(15)20-19/h1-3,5-6,13-14,20H,4,7-11,19H2. The summed E-state index contributed by atoms with van der Waals surface area (Å²) in [5.74, 6) is 1.18. The van der Waals surface area contributed by atoms with E-state index < -0.39 is 0 Å². The Hall–Kier alpha value is -0.490. The molecule has 4 unspecified atom stereocenters. The average Bonchev–Trinajstić information content (AvgIpc) is 2.80. The second-order valence-corrected chi connectivity index (χ2v) is 7.38. The summed E-state index contributed by atoms with van der Waals surface area (Å²) in [6.07, 6.45) is 2.36. The first-order valence-electron chi connectivity index (χ1n) is 7.32. The predicted octanol–water partition coefficient (Wildman–Crippen LogP) is 2.74. The van der Waals surface area contributed by atoms with Gasteiger partial charge in [0.15, 0.2) is 0 Å². The molecule has 3 nitrogen and oxygen atoms in total. The monoisotopic (exact) mass is 308 g/mol. The SMILES string of the molecule is O=C1C2CN(Cc3ccccc3)CC2CCCN1PP. The highest BCUT2D eigenvalue weighted by atomic mass is 32.0. The lowest BCUT2D eigenvalue weighted by atomic mass is 9.93. The third kappa shape index (κ3) is 3.06. The second-order valence-electron chi connectivity index (χ2n) is 5.81. The minimum absolute atomic E-state index is 0.231. The van der Waals surface area contributed by atoms with Gasteiger partial charge in [0.1, 0.15) is 0 Å². The molecule has 0 saturated carbocycles. The normalized spacial score (nSPS) is 28.1. The average molecular weight is 308 g/mol. The van der Waals surface area contributed by atoms with Crippen LogP contribution in [0.25, 0.3) is 0 Å². The number of hydrogen-bond acceptors (Lipinski definition) is 2. The van der Waals surface area contributed by atoms with Gasteiger partial charge in [-0.2, -0.15) is 0 Å². The van der Waals surface area contributed by atoms with Gasteiger partial charge in [0.2, 0.25) is 5.91 Å². The van der Waals surface area contributed by atoms with E-state index >= 15 is 0 Å². The van der Waals surface area contributed by atoms with Gasteiger partial charge in [-0.05, 0) is 32.7 Å². The highest BCUT2D eigenvalue weighted by molar-refractivity contribution is 8.01. The molecule has 2 heterocycles. The number of hydrogen-bond donors (Lipinski definition) is 0. The fraction of sp³-hybridized carbons (Fsp3) is 0.533. The van der Waals surface area contributed by atoms with E-state index in [1.807, 2.05) is 4.67 Å². The molecule has 3 rings (SSSR count). The molecule has 2 saturated heterocycles. The fourth-order valence-electron chi connectivity index (χ4n) is 3.45. The number of rotatable bonds is 3. The first kappa shape index (κ1) is 14.4. The van der Waals surface area contributed by atoms with Crippen LogP contribution in [0.3, 0.4) is 0 Å². The minimum Gasteiger partial charge on any atom is -0.321 e. The summed E-state index contributed by atoms with van der Waals surface area (Å²) in [5, 5.41) is 0. The van der Waals surface area contributed by atoms with Crippen molar-refractivity contribution in [2.45, 2.75) is 19.4 Å². The van der Waals surface area contributed by atoms with Crippen molar-refractivity contribution in [3.63, 3.8) is 0 Å². The maximum atomic E-state index is 12.5. The molecule has 20 heavy (non-hydrogen) atoms. The number of likely N-dealkylation sites (tertiary alicyclic amines) is 1. The van der Waals surface area contributed by atoms with E-state index in [1.54, 1.807) is 0 Å². The molecule has 0 bridgehead atoms. The van der Waals surface area contributed by atoms with Gasteiger partial charge in [-0.1, -0.05) is 39.3 Å². The molecule has 0 aliphatic carbocycles. The van der Waals surface area contributed by atoms with Crippen LogP contribution in [-0.2, 0) is 11.3 Å². The summed E-state index contributed by atoms with van der Waals surface area (Å²) in [5.41, 5.74) is 1.35. The van der Waals surface area contributed by atoms with Gasteiger partial charge < -0.3 is 4.67 Å². The summed E-state index contributed by atoms with van der Waals surface area (Å²) < 4.78 is 2.04. The zero-order valence-corrected chi connectivity index (χ0v) is 13.8. The number of fused-ring (bicyclic) bond motifs is 1. The lowest BCUT2D eigenvalue weighted by Crippen LogP contribution is -2.32. The molecule has 5 heteroatoms. The summed E-state index contributed by atoms with van der Waals surface area (Å²) in [6.45, 7) is 3.94. The van der Waals surface area contributed by atoms with Crippen LogP contribution in [-0.4, -0.2) is 35.1 Å². The molecular formula is C15H22N2OP2. The summed E-state index contributed by atoms with van der Waals surface area (Å²) in [6, 6.07) is 10.6. The Labute approximate surface area is 125 Å². The van der Waals surface area contributed by atoms with E-state index in [-0.39, 0.29) is 5.92 Å². The molecule has 2 aliphatic rings. The Morgan fingerprint density at radius 1 is 1.25 bits per heavy atom. The van der Waals surface area contributed by atoms with E-state index in [4.69, 9.17) is 0 Å². The molecule has 4 atom stereocenters. The molecule has 0 N–H and O–H groups in total. The molecular weight excluding hydrogens is 286 g/mol. The van der Waals surface area contributed by atoms with Crippen molar-refractivity contribution in [2.24, 2.45) is 11.8 Å². The molecule has 2 fully saturated rings. The lowest BCUT2D eigenvalue weighted by molar-refractivity contribution is -0.130. The summed E-state index contributed by atoms with van der Waals surface area (Å²) in [4.78, 5) is 15.0. The smallest absolute Gasteiger partial charge is 0.230 e. The largest absolute Gasteiger partial charge is 0.321 e. The van der Waals surface area contributed by atoms with Crippen molar-refractivity contribution in [1.82, 2.24) is 9.57 Å². The highest BCUT2D eigenvalue weighted by Crippen LogP contribution is 2.38. The van der Waals surface area contributed by atoms with Crippen molar-refractivity contribution in [2.75, 3.05) is 19.6 Å². The topological polar surface area (TPSA) is 23.6 Å². The Bertz CT molecular complexity index is 468. The van der Waals surface area contributed by atoms with Gasteiger partial charge in [-0.3, -0.25) is 9.69 Å². The first-order valence-corrected chi connectivity index (χ1v) is 10.1. The van der Waals surface area contributed by atoms with Crippen LogP contribution >= 0.6 is 17.3 Å². The van der Waals surface area contributed by atoms with Crippen LogP contribution in [0.1, 0.15) is 18.4 Å². The molecule has 2 aliphatic heterocycles. The fourth-order valence-corrected chi connectivity index (χ4v) is 4.80. The molecule has 1 amide bonds. The van der Waals surface area contributed by atoms with Crippen molar-refractivity contribution >= 4 is 23.3 Å². The third-order valence-corrected chi connectivity index (χ3v) is 6.15. The second kappa shape index (κ2) is 6.52. The van der Waals surface area contributed by atoms with E-state index in [1.165, 1.54) is 12.0 Å². The Morgan fingerprint density at radius 2 is 2.05 bits per heavy atom. The predicted molar refractivity (Wildman–Crippen MR) is 87.7 cm³/mol. The maximum absolute atomic E-state index is 12.5. The zero-order chi connectivity index (χ0) is 13.9. The number of carbonyl (C=O) groups is 1. The minimum atomic E-state index is 0.231. The molecule has 1 aromatic rings. The summed E-state index contributed by atoms with van der Waals surface area (Å²) >= 11 is 0. The van der Waals surface area contributed by atoms with Crippen molar-refractivity contribution in [3.8, 4) is 0 Å². The quantitative estimate of drug-likeness (QED) is 0.802. The van der Waals surface area contributed by atoms with Crippen molar-refractivity contribution in [3.05, 3.63) is 35.9 Å². The van der Waals surface area contributed by atoms with E-state index in [0.717, 1.165) is 32.6 Å². The van der Waals surface area contributed by atoms with Crippen molar-refractivity contribution in [1.29, 1.82) is 0 Å². The number of carbonyl (C=O) groups excluding carboxylic acids is 1. The van der Waals surface area contributed by atoms with Crippen LogP contribution in [0.4, 0.5) is 0 Å². The Balaban J connectivity index is 1.67. The highest BCUT2D eigenvalue weighted by Gasteiger charge is 2.40. The first-order chi connectivity index (χ1) is 9.78. The van der Waals surface area contributed by atoms with Gasteiger partial charge in [0, 0.05) is 26.2 Å². The number of amides is 1. The zero-order valence-electron chi connectivity index (χ0n) is 11.7. The van der Waals surface area contributed by atoms with Gasteiger partial charge in [0.25, 0.3) is 0 Å². The van der Waals surface area contributed by atoms with E-state index in [0.29, 0.717) is 20.2 Å². The van der Waals surface area contributed by atoms with Crippen molar-refractivity contribution < 1.29 is 4.79 Å². The van der Waals surface area contributed by atoms with Crippen LogP contribution in [0, 0.1) is 11.8 Å². The molecule has 108 valence electrons. The van der Waals surface area contributed by atoms with E-state index in [9.17, 15) is 4.79 Å². The third-order valence-electron chi connectivity index (χ3n) is 4.46. The van der Waals surface area contributed by atoms with Gasteiger partial charge in [-0.25, -0.2) is 0 Å². The molecule has 0 radical (unpaired) electrons. The van der Waals surface area contributed by atoms with Gasteiger partial charge in [0.05, 0.1) is 5.92 Å². The van der Waals surface area contributed by atoms with E-state index in [2.05, 4.69) is 44.2 Å².